The zero-order chi connectivity index (χ0) is 17.3. The van der Waals surface area contributed by atoms with Crippen molar-refractivity contribution in [3.63, 3.8) is 0 Å². The minimum absolute atomic E-state index is 0.00946. The number of nitrogens with zero attached hydrogens (tertiary/aromatic N) is 2. The third-order valence-electron chi connectivity index (χ3n) is 4.05. The normalized spacial score (nSPS) is 11.5. The van der Waals surface area contributed by atoms with Crippen LogP contribution in [-0.4, -0.2) is 9.97 Å². The second-order valence-electron chi connectivity index (χ2n) is 6.94. The Morgan fingerprint density at radius 2 is 1.79 bits per heavy atom. The smallest absolute Gasteiger partial charge is 0.0491 e. The van der Waals surface area contributed by atoms with E-state index in [-0.39, 0.29) is 5.41 Å². The van der Waals surface area contributed by atoms with Gasteiger partial charge in [-0.1, -0.05) is 44.5 Å². The zero-order valence-electron chi connectivity index (χ0n) is 14.4. The number of rotatable bonds is 2. The van der Waals surface area contributed by atoms with Crippen LogP contribution in [0.4, 0.5) is 0 Å². The van der Waals surface area contributed by atoms with E-state index in [4.69, 9.17) is 11.6 Å². The molecule has 0 N–H and O–H groups in total. The topological polar surface area (TPSA) is 25.8 Å². The summed E-state index contributed by atoms with van der Waals surface area (Å²) in [5, 5.41) is 0.685. The van der Waals surface area contributed by atoms with E-state index in [0.717, 1.165) is 33.6 Å². The molecule has 1 aromatic carbocycles. The van der Waals surface area contributed by atoms with Gasteiger partial charge in [-0.25, -0.2) is 0 Å². The van der Waals surface area contributed by atoms with Crippen LogP contribution in [0.1, 0.15) is 32.2 Å². The summed E-state index contributed by atoms with van der Waals surface area (Å²) in [6, 6.07) is 14.9. The number of aromatic nitrogens is 2. The van der Waals surface area contributed by atoms with Gasteiger partial charge in [0.15, 0.2) is 0 Å². The minimum atomic E-state index is 0.00946. The number of halogens is 1. The van der Waals surface area contributed by atoms with Gasteiger partial charge >= 0.3 is 0 Å². The fourth-order valence-corrected chi connectivity index (χ4v) is 2.84. The molecule has 3 rings (SSSR count). The lowest BCUT2D eigenvalue weighted by atomic mass is 9.90. The summed E-state index contributed by atoms with van der Waals surface area (Å²) in [5.41, 5.74) is 6.23. The van der Waals surface area contributed by atoms with Crippen molar-refractivity contribution in [2.45, 2.75) is 33.1 Å². The monoisotopic (exact) mass is 335 g/mol. The van der Waals surface area contributed by atoms with Crippen molar-refractivity contribution in [3.05, 3.63) is 71.3 Å². The second-order valence-corrected chi connectivity index (χ2v) is 7.35. The summed E-state index contributed by atoms with van der Waals surface area (Å²) in [7, 11) is 0. The molecule has 0 atom stereocenters. The first-order valence-corrected chi connectivity index (χ1v) is 8.33. The highest BCUT2D eigenvalue weighted by atomic mass is 35.5. The Kier molecular flexibility index (Phi) is 4.42. The maximum atomic E-state index is 6.35. The number of pyridine rings is 2. The molecule has 2 heterocycles. The van der Waals surface area contributed by atoms with Gasteiger partial charge in [-0.15, -0.1) is 0 Å². The van der Waals surface area contributed by atoms with E-state index in [0.29, 0.717) is 5.02 Å². The highest BCUT2D eigenvalue weighted by Gasteiger charge is 2.16. The first-order chi connectivity index (χ1) is 11.4. The molecule has 2 aromatic heterocycles. The molecule has 0 saturated heterocycles. The molecule has 1 radical (unpaired) electrons. The lowest BCUT2D eigenvalue weighted by molar-refractivity contribution is 0.569. The van der Waals surface area contributed by atoms with Crippen LogP contribution in [0.2, 0.25) is 5.02 Å². The molecule has 0 unspecified atom stereocenters. The van der Waals surface area contributed by atoms with Gasteiger partial charge in [0.1, 0.15) is 0 Å². The Morgan fingerprint density at radius 3 is 2.50 bits per heavy atom. The fraction of sp³-hybridized carbons (Fsp3) is 0.238. The third kappa shape index (κ3) is 3.34. The van der Waals surface area contributed by atoms with E-state index in [1.165, 1.54) is 0 Å². The summed E-state index contributed by atoms with van der Waals surface area (Å²) in [6.07, 6.45) is 3.77. The SMILES string of the molecule is Cc1ncc(-c2ccnc(C(C)(C)C)c2)cc1-c1cc[c]cc1Cl. The number of aryl methyl sites for hydroxylation is 1. The Labute approximate surface area is 148 Å². The largest absolute Gasteiger partial charge is 0.261 e. The average Bonchev–Trinajstić information content (AvgIpc) is 2.55. The zero-order valence-corrected chi connectivity index (χ0v) is 15.1. The first-order valence-electron chi connectivity index (χ1n) is 7.96. The molecule has 3 aromatic rings. The van der Waals surface area contributed by atoms with E-state index in [1.807, 2.05) is 37.5 Å². The van der Waals surface area contributed by atoms with E-state index < -0.39 is 0 Å². The molecular formula is C21H20ClN2. The summed E-state index contributed by atoms with van der Waals surface area (Å²) < 4.78 is 0. The molecule has 24 heavy (non-hydrogen) atoms. The minimum Gasteiger partial charge on any atom is -0.261 e. The van der Waals surface area contributed by atoms with Crippen LogP contribution in [-0.2, 0) is 5.41 Å². The molecule has 121 valence electrons. The van der Waals surface area contributed by atoms with Gasteiger partial charge in [-0.2, -0.15) is 0 Å². The maximum absolute atomic E-state index is 6.35. The van der Waals surface area contributed by atoms with E-state index in [2.05, 4.69) is 48.9 Å². The predicted molar refractivity (Wildman–Crippen MR) is 100 cm³/mol. The summed E-state index contributed by atoms with van der Waals surface area (Å²) in [4.78, 5) is 9.08. The van der Waals surface area contributed by atoms with Gasteiger partial charge in [0.2, 0.25) is 0 Å². The Bertz CT molecular complexity index is 879. The van der Waals surface area contributed by atoms with Crippen molar-refractivity contribution >= 4 is 11.6 Å². The quantitative estimate of drug-likeness (QED) is 0.585. The maximum Gasteiger partial charge on any atom is 0.0491 e. The molecular weight excluding hydrogens is 316 g/mol. The molecule has 0 fully saturated rings. The van der Waals surface area contributed by atoms with Crippen molar-refractivity contribution in [2.75, 3.05) is 0 Å². The molecule has 2 nitrogen and oxygen atoms in total. The van der Waals surface area contributed by atoms with Gasteiger partial charge < -0.3 is 0 Å². The molecule has 0 aliphatic rings. The van der Waals surface area contributed by atoms with Crippen LogP contribution >= 0.6 is 11.6 Å². The standard InChI is InChI=1S/C21H20ClN2/c1-14-18(17-7-5-6-8-19(17)22)11-16(13-24-14)15-9-10-23-20(12-15)21(2,3)4/h5,7-13H,1-4H3. The van der Waals surface area contributed by atoms with E-state index in [9.17, 15) is 0 Å². The van der Waals surface area contributed by atoms with Crippen molar-refractivity contribution in [3.8, 4) is 22.3 Å². The van der Waals surface area contributed by atoms with Crippen molar-refractivity contribution in [2.24, 2.45) is 0 Å². The summed E-state index contributed by atoms with van der Waals surface area (Å²) in [5.74, 6) is 0. The van der Waals surface area contributed by atoms with Gasteiger partial charge in [0.05, 0.1) is 0 Å². The number of hydrogen-bond donors (Lipinski definition) is 0. The molecule has 3 heteroatoms. The molecule has 0 bridgehead atoms. The fourth-order valence-electron chi connectivity index (χ4n) is 2.61. The molecule has 0 spiro atoms. The highest BCUT2D eigenvalue weighted by Crippen LogP contribution is 2.33. The number of hydrogen-bond acceptors (Lipinski definition) is 2. The van der Waals surface area contributed by atoms with E-state index in [1.54, 1.807) is 6.07 Å². The highest BCUT2D eigenvalue weighted by molar-refractivity contribution is 6.33. The molecule has 0 saturated carbocycles. The van der Waals surface area contributed by atoms with Gasteiger partial charge in [-0.05, 0) is 42.8 Å². The second kappa shape index (κ2) is 6.37. The lowest BCUT2D eigenvalue weighted by Crippen LogP contribution is -2.13. The van der Waals surface area contributed by atoms with Gasteiger partial charge in [0.25, 0.3) is 0 Å². The van der Waals surface area contributed by atoms with Crippen molar-refractivity contribution in [1.82, 2.24) is 9.97 Å². The van der Waals surface area contributed by atoms with Gasteiger partial charge in [-0.3, -0.25) is 9.97 Å². The van der Waals surface area contributed by atoms with Crippen LogP contribution in [0, 0.1) is 13.0 Å². The molecule has 0 amide bonds. The molecule has 0 aliphatic carbocycles. The summed E-state index contributed by atoms with van der Waals surface area (Å²) >= 11 is 6.35. The van der Waals surface area contributed by atoms with Crippen LogP contribution < -0.4 is 0 Å². The lowest BCUT2D eigenvalue weighted by Gasteiger charge is -2.18. The average molecular weight is 336 g/mol. The predicted octanol–water partition coefficient (Wildman–Crippen LogP) is 5.87. The van der Waals surface area contributed by atoms with Crippen LogP contribution in [0.25, 0.3) is 22.3 Å². The van der Waals surface area contributed by atoms with E-state index >= 15 is 0 Å². The molecule has 0 aliphatic heterocycles. The summed E-state index contributed by atoms with van der Waals surface area (Å²) in [6.45, 7) is 8.49. The Morgan fingerprint density at radius 1 is 1.00 bits per heavy atom. The van der Waals surface area contributed by atoms with Crippen molar-refractivity contribution in [1.29, 1.82) is 0 Å². The first kappa shape index (κ1) is 16.7. The van der Waals surface area contributed by atoms with Crippen LogP contribution in [0.3, 0.4) is 0 Å². The number of benzene rings is 1. The Hall–Kier alpha value is -2.19. The van der Waals surface area contributed by atoms with Gasteiger partial charge in [0, 0.05) is 50.9 Å². The Balaban J connectivity index is 2.12. The van der Waals surface area contributed by atoms with Crippen LogP contribution in [0.5, 0.6) is 0 Å². The third-order valence-corrected chi connectivity index (χ3v) is 4.37. The van der Waals surface area contributed by atoms with Crippen LogP contribution in [0.15, 0.2) is 48.8 Å². The van der Waals surface area contributed by atoms with Crippen molar-refractivity contribution < 1.29 is 0 Å².